The second-order valence-electron chi connectivity index (χ2n) is 6.20. The first-order chi connectivity index (χ1) is 10.1. The molecule has 1 atom stereocenters. The summed E-state index contributed by atoms with van der Waals surface area (Å²) in [6, 6.07) is -0.105. The van der Waals surface area contributed by atoms with Crippen LogP contribution in [0.2, 0.25) is 0 Å². The largest absolute Gasteiger partial charge is 0.339 e. The highest BCUT2D eigenvalue weighted by Crippen LogP contribution is 2.29. The van der Waals surface area contributed by atoms with Crippen LogP contribution in [0.15, 0.2) is 4.52 Å². The molecule has 21 heavy (non-hydrogen) atoms. The summed E-state index contributed by atoms with van der Waals surface area (Å²) in [4.78, 5) is 4.50. The Balaban J connectivity index is 1.62. The van der Waals surface area contributed by atoms with E-state index < -0.39 is 9.84 Å². The first kappa shape index (κ1) is 15.0. The zero-order chi connectivity index (χ0) is 14.7. The summed E-state index contributed by atoms with van der Waals surface area (Å²) >= 11 is 0. The molecule has 1 aromatic rings. The van der Waals surface area contributed by atoms with Crippen LogP contribution in [0.4, 0.5) is 0 Å². The molecule has 1 aromatic heterocycles. The van der Waals surface area contributed by atoms with E-state index in [1.165, 1.54) is 25.7 Å². The smallest absolute Gasteiger partial charge is 0.228 e. The molecule has 1 N–H and O–H groups in total. The molecule has 0 bridgehead atoms. The molecule has 0 amide bonds. The molecule has 0 radical (unpaired) electrons. The Labute approximate surface area is 125 Å². The Bertz CT molecular complexity index is 562. The fourth-order valence-corrected chi connectivity index (χ4v) is 4.71. The number of rotatable bonds is 3. The van der Waals surface area contributed by atoms with Gasteiger partial charge in [-0.15, -0.1) is 0 Å². The van der Waals surface area contributed by atoms with Crippen LogP contribution in [0.5, 0.6) is 0 Å². The van der Waals surface area contributed by atoms with Crippen molar-refractivity contribution < 1.29 is 12.9 Å². The maximum absolute atomic E-state index is 11.6. The molecule has 2 heterocycles. The Morgan fingerprint density at radius 2 is 1.95 bits per heavy atom. The fraction of sp³-hybridized carbons (Fsp3) is 0.857. The van der Waals surface area contributed by atoms with Gasteiger partial charge in [0.25, 0.3) is 0 Å². The third-order valence-corrected chi connectivity index (χ3v) is 6.16. The minimum absolute atomic E-state index is 0.105. The molecule has 0 spiro atoms. The summed E-state index contributed by atoms with van der Waals surface area (Å²) in [5.41, 5.74) is 0. The Kier molecular flexibility index (Phi) is 4.59. The van der Waals surface area contributed by atoms with Crippen molar-refractivity contribution in [2.75, 3.05) is 18.1 Å². The molecule has 3 rings (SSSR count). The van der Waals surface area contributed by atoms with Crippen LogP contribution >= 0.6 is 0 Å². The van der Waals surface area contributed by atoms with Crippen molar-refractivity contribution in [3.8, 4) is 0 Å². The van der Waals surface area contributed by atoms with Gasteiger partial charge < -0.3 is 9.84 Å². The highest BCUT2D eigenvalue weighted by molar-refractivity contribution is 7.91. The first-order valence-electron chi connectivity index (χ1n) is 7.89. The highest BCUT2D eigenvalue weighted by Gasteiger charge is 2.27. The van der Waals surface area contributed by atoms with Crippen molar-refractivity contribution in [2.24, 2.45) is 0 Å². The Morgan fingerprint density at radius 1 is 1.19 bits per heavy atom. The molecular formula is C14H23N3O3S. The lowest BCUT2D eigenvalue weighted by molar-refractivity contribution is 0.352. The quantitative estimate of drug-likeness (QED) is 0.850. The lowest BCUT2D eigenvalue weighted by atomic mass is 10.00. The molecule has 6 nitrogen and oxygen atoms in total. The van der Waals surface area contributed by atoms with Gasteiger partial charge in [0.2, 0.25) is 5.89 Å². The van der Waals surface area contributed by atoms with E-state index in [4.69, 9.17) is 4.52 Å². The van der Waals surface area contributed by atoms with E-state index in [0.717, 1.165) is 18.7 Å². The van der Waals surface area contributed by atoms with Crippen LogP contribution in [0, 0.1) is 0 Å². The normalized spacial score (nSPS) is 27.3. The van der Waals surface area contributed by atoms with Crippen molar-refractivity contribution in [3.05, 3.63) is 11.7 Å². The number of aromatic nitrogens is 2. The summed E-state index contributed by atoms with van der Waals surface area (Å²) in [6.07, 6.45) is 7.83. The van der Waals surface area contributed by atoms with Crippen molar-refractivity contribution >= 4 is 9.84 Å². The Morgan fingerprint density at radius 3 is 2.67 bits per heavy atom. The van der Waals surface area contributed by atoms with Gasteiger partial charge in [0.1, 0.15) is 0 Å². The second kappa shape index (κ2) is 6.44. The molecule has 1 unspecified atom stereocenters. The third kappa shape index (κ3) is 4.03. The molecular weight excluding hydrogens is 290 g/mol. The molecule has 118 valence electrons. The first-order valence-corrected chi connectivity index (χ1v) is 9.71. The van der Waals surface area contributed by atoms with E-state index in [2.05, 4.69) is 15.5 Å². The van der Waals surface area contributed by atoms with Crippen molar-refractivity contribution in [2.45, 2.75) is 56.9 Å². The van der Waals surface area contributed by atoms with Crippen molar-refractivity contribution in [1.29, 1.82) is 0 Å². The van der Waals surface area contributed by atoms with Crippen LogP contribution in [0.1, 0.15) is 56.2 Å². The van der Waals surface area contributed by atoms with Gasteiger partial charge in [-0.2, -0.15) is 4.98 Å². The Hall–Kier alpha value is -0.950. The molecule has 0 aromatic carbocycles. The van der Waals surface area contributed by atoms with Crippen molar-refractivity contribution in [1.82, 2.24) is 15.5 Å². The van der Waals surface area contributed by atoms with Gasteiger partial charge in [-0.3, -0.25) is 0 Å². The summed E-state index contributed by atoms with van der Waals surface area (Å²) in [5, 5.41) is 7.34. The topological polar surface area (TPSA) is 85.1 Å². The number of hydrogen-bond acceptors (Lipinski definition) is 6. The van der Waals surface area contributed by atoms with Crippen LogP contribution < -0.4 is 5.32 Å². The monoisotopic (exact) mass is 313 g/mol. The van der Waals surface area contributed by atoms with Crippen molar-refractivity contribution in [3.63, 3.8) is 0 Å². The zero-order valence-corrected chi connectivity index (χ0v) is 13.1. The molecule has 1 aliphatic heterocycles. The number of nitrogens with one attached hydrogen (secondary N) is 1. The van der Waals surface area contributed by atoms with Gasteiger partial charge in [0.15, 0.2) is 15.7 Å². The SMILES string of the molecule is O=S1(=O)CCNC(Cc2nc(C3CCCCCC3)no2)C1. The second-order valence-corrected chi connectivity index (χ2v) is 8.43. The van der Waals surface area contributed by atoms with Gasteiger partial charge in [-0.1, -0.05) is 30.8 Å². The average Bonchev–Trinajstić information content (AvgIpc) is 2.72. The zero-order valence-electron chi connectivity index (χ0n) is 12.3. The van der Waals surface area contributed by atoms with E-state index in [0.29, 0.717) is 24.8 Å². The molecule has 1 aliphatic carbocycles. The van der Waals surface area contributed by atoms with Crippen LogP contribution in [0.25, 0.3) is 0 Å². The average molecular weight is 313 g/mol. The predicted octanol–water partition coefficient (Wildman–Crippen LogP) is 1.44. The summed E-state index contributed by atoms with van der Waals surface area (Å²) < 4.78 is 28.6. The standard InChI is InChI=1S/C14H23N3O3S/c18-21(19)8-7-15-12(10-21)9-13-16-14(17-20-13)11-5-3-1-2-4-6-11/h11-12,15H,1-10H2. The number of nitrogens with zero attached hydrogens (tertiary/aromatic N) is 2. The predicted molar refractivity (Wildman–Crippen MR) is 78.9 cm³/mol. The van der Waals surface area contributed by atoms with E-state index in [1.54, 1.807) is 0 Å². The van der Waals surface area contributed by atoms with E-state index in [9.17, 15) is 8.42 Å². The van der Waals surface area contributed by atoms with E-state index in [1.807, 2.05) is 0 Å². The third-order valence-electron chi connectivity index (χ3n) is 4.43. The molecule has 7 heteroatoms. The highest BCUT2D eigenvalue weighted by atomic mass is 32.2. The molecule has 1 saturated carbocycles. The maximum Gasteiger partial charge on any atom is 0.228 e. The lowest BCUT2D eigenvalue weighted by Crippen LogP contribution is -2.46. The molecule has 2 fully saturated rings. The number of sulfone groups is 1. The van der Waals surface area contributed by atoms with Crippen LogP contribution in [0.3, 0.4) is 0 Å². The van der Waals surface area contributed by atoms with Gasteiger partial charge in [-0.05, 0) is 12.8 Å². The fourth-order valence-electron chi connectivity index (χ4n) is 3.26. The van der Waals surface area contributed by atoms with Crippen LogP contribution in [-0.4, -0.2) is 42.7 Å². The summed E-state index contributed by atoms with van der Waals surface area (Å²) in [6.45, 7) is 0.511. The molecule has 2 aliphatic rings. The van der Waals surface area contributed by atoms with Gasteiger partial charge >= 0.3 is 0 Å². The maximum atomic E-state index is 11.6. The van der Waals surface area contributed by atoms with Crippen LogP contribution in [-0.2, 0) is 16.3 Å². The van der Waals surface area contributed by atoms with E-state index >= 15 is 0 Å². The van der Waals surface area contributed by atoms with Gasteiger partial charge in [-0.25, -0.2) is 8.42 Å². The minimum atomic E-state index is -2.92. The minimum Gasteiger partial charge on any atom is -0.339 e. The lowest BCUT2D eigenvalue weighted by Gasteiger charge is -2.22. The van der Waals surface area contributed by atoms with E-state index in [-0.39, 0.29) is 17.5 Å². The summed E-state index contributed by atoms with van der Waals surface area (Å²) in [5.74, 6) is 2.16. The van der Waals surface area contributed by atoms with Gasteiger partial charge in [0, 0.05) is 24.9 Å². The molecule has 1 saturated heterocycles. The van der Waals surface area contributed by atoms with Gasteiger partial charge in [0.05, 0.1) is 11.5 Å². The number of hydrogen-bond donors (Lipinski definition) is 1. The summed E-state index contributed by atoms with van der Waals surface area (Å²) in [7, 11) is -2.92.